The van der Waals surface area contributed by atoms with Crippen LogP contribution < -0.4 is 19.9 Å². The van der Waals surface area contributed by atoms with Gasteiger partial charge in [-0.2, -0.15) is 4.98 Å². The largest absolute Gasteiger partial charge is 0.474 e. The predicted molar refractivity (Wildman–Crippen MR) is 137 cm³/mol. The van der Waals surface area contributed by atoms with Gasteiger partial charge in [-0.3, -0.25) is 20.2 Å². The maximum Gasteiger partial charge on any atom is 0.329 e. The number of amides is 2. The number of pyridine rings is 2. The Labute approximate surface area is 214 Å². The Morgan fingerprint density at radius 3 is 2.95 bits per heavy atom. The van der Waals surface area contributed by atoms with Gasteiger partial charge in [0.25, 0.3) is 0 Å². The minimum atomic E-state index is -0.625. The maximum atomic E-state index is 13.6. The molecule has 2 atom stereocenters. The number of anilines is 3. The standard InChI is InChI=1S/C26H29N7O4/c1-16-10-17(6-8-28-16)20-4-5-21-24(29-20)33(18-7-9-32(21)13-18)25(34)31-22-11-27-12-23(30-22)35-14-19-15-36-26(2,3)37-19/h4-6,8,10-12,18-19H,7,9,13-15H2,1-3H3,(H,30,31,34)/t18?,19-/m1/s1. The molecule has 3 aromatic rings. The highest BCUT2D eigenvalue weighted by Crippen LogP contribution is 2.40. The van der Waals surface area contributed by atoms with E-state index in [0.717, 1.165) is 42.1 Å². The van der Waals surface area contributed by atoms with Crippen molar-refractivity contribution in [1.29, 1.82) is 0 Å². The van der Waals surface area contributed by atoms with Crippen molar-refractivity contribution in [2.75, 3.05) is 41.4 Å². The van der Waals surface area contributed by atoms with Gasteiger partial charge < -0.3 is 19.1 Å². The van der Waals surface area contributed by atoms with Crippen molar-refractivity contribution in [3.63, 3.8) is 0 Å². The molecule has 6 heterocycles. The lowest BCUT2D eigenvalue weighted by Crippen LogP contribution is -2.48. The van der Waals surface area contributed by atoms with E-state index in [1.807, 2.05) is 45.0 Å². The van der Waals surface area contributed by atoms with Gasteiger partial charge in [0.2, 0.25) is 5.88 Å². The van der Waals surface area contributed by atoms with Crippen LogP contribution in [0.4, 0.5) is 22.1 Å². The summed E-state index contributed by atoms with van der Waals surface area (Å²) in [6, 6.07) is 7.67. The van der Waals surface area contributed by atoms with Crippen molar-refractivity contribution in [3.05, 3.63) is 48.5 Å². The monoisotopic (exact) mass is 503 g/mol. The van der Waals surface area contributed by atoms with E-state index in [1.165, 1.54) is 12.4 Å². The Bertz CT molecular complexity index is 1330. The number of urea groups is 1. The van der Waals surface area contributed by atoms with E-state index in [9.17, 15) is 4.79 Å². The van der Waals surface area contributed by atoms with Crippen LogP contribution in [0.5, 0.6) is 5.88 Å². The highest BCUT2D eigenvalue weighted by atomic mass is 16.7. The van der Waals surface area contributed by atoms with Crippen LogP contribution >= 0.6 is 0 Å². The zero-order valence-electron chi connectivity index (χ0n) is 21.0. The van der Waals surface area contributed by atoms with Crippen LogP contribution in [-0.4, -0.2) is 70.2 Å². The van der Waals surface area contributed by atoms with Crippen molar-refractivity contribution in [2.45, 2.75) is 45.1 Å². The summed E-state index contributed by atoms with van der Waals surface area (Å²) in [5.74, 6) is 0.611. The van der Waals surface area contributed by atoms with Gasteiger partial charge >= 0.3 is 6.03 Å². The van der Waals surface area contributed by atoms with E-state index in [-0.39, 0.29) is 24.8 Å². The van der Waals surface area contributed by atoms with E-state index >= 15 is 0 Å². The first-order valence-electron chi connectivity index (χ1n) is 12.4. The number of aryl methyl sites for hydroxylation is 1. The zero-order valence-corrected chi connectivity index (χ0v) is 21.0. The van der Waals surface area contributed by atoms with Gasteiger partial charge in [-0.25, -0.2) is 9.78 Å². The van der Waals surface area contributed by atoms with Crippen LogP contribution in [0.15, 0.2) is 42.9 Å². The van der Waals surface area contributed by atoms with Crippen LogP contribution in [0.2, 0.25) is 0 Å². The number of hydrogen-bond acceptors (Lipinski definition) is 9. The fourth-order valence-electron chi connectivity index (χ4n) is 5.01. The van der Waals surface area contributed by atoms with Crippen LogP contribution in [0.3, 0.4) is 0 Å². The average molecular weight is 504 g/mol. The molecule has 0 radical (unpaired) electrons. The minimum absolute atomic E-state index is 0.0182. The van der Waals surface area contributed by atoms with Crippen LogP contribution in [0, 0.1) is 6.92 Å². The maximum absolute atomic E-state index is 13.6. The molecule has 2 bridgehead atoms. The second kappa shape index (κ2) is 9.24. The summed E-state index contributed by atoms with van der Waals surface area (Å²) in [4.78, 5) is 35.4. The summed E-state index contributed by atoms with van der Waals surface area (Å²) in [5, 5.41) is 2.89. The van der Waals surface area contributed by atoms with Crippen molar-refractivity contribution >= 4 is 23.4 Å². The smallest absolute Gasteiger partial charge is 0.329 e. The Kier molecular flexibility index (Phi) is 5.88. The second-order valence-corrected chi connectivity index (χ2v) is 9.92. The lowest BCUT2D eigenvalue weighted by atomic mass is 10.1. The quantitative estimate of drug-likeness (QED) is 0.559. The Morgan fingerprint density at radius 2 is 2.14 bits per heavy atom. The number of carbonyl (C=O) groups excluding carboxylic acids is 1. The van der Waals surface area contributed by atoms with E-state index in [2.05, 4.69) is 25.2 Å². The topological polar surface area (TPSA) is 115 Å². The highest BCUT2D eigenvalue weighted by Gasteiger charge is 2.40. The van der Waals surface area contributed by atoms with Gasteiger partial charge in [-0.15, -0.1) is 0 Å². The van der Waals surface area contributed by atoms with Crippen LogP contribution in [-0.2, 0) is 9.47 Å². The molecule has 11 nitrogen and oxygen atoms in total. The van der Waals surface area contributed by atoms with Gasteiger partial charge in [0.15, 0.2) is 17.4 Å². The molecule has 3 aliphatic heterocycles. The van der Waals surface area contributed by atoms with Gasteiger partial charge in [0.1, 0.15) is 12.7 Å². The van der Waals surface area contributed by atoms with Gasteiger partial charge in [0, 0.05) is 30.5 Å². The van der Waals surface area contributed by atoms with E-state index in [4.69, 9.17) is 19.2 Å². The third-order valence-corrected chi connectivity index (χ3v) is 6.70. The Balaban J connectivity index is 1.21. The molecule has 0 saturated carbocycles. The van der Waals surface area contributed by atoms with Crippen molar-refractivity contribution < 1.29 is 19.0 Å². The SMILES string of the molecule is Cc1cc(-c2ccc3c(n2)N(C(=O)Nc2cncc(OC[C@@H]4COC(C)(C)O4)n2)C2CCN3C2)ccn1. The van der Waals surface area contributed by atoms with Gasteiger partial charge in [-0.05, 0) is 51.5 Å². The minimum Gasteiger partial charge on any atom is -0.474 e. The van der Waals surface area contributed by atoms with Gasteiger partial charge in [-0.1, -0.05) is 0 Å². The number of ether oxygens (including phenoxy) is 3. The van der Waals surface area contributed by atoms with E-state index in [1.54, 1.807) is 11.1 Å². The average Bonchev–Trinajstić information content (AvgIpc) is 3.46. The number of hydrogen-bond donors (Lipinski definition) is 1. The first kappa shape index (κ1) is 23.6. The second-order valence-electron chi connectivity index (χ2n) is 9.92. The third-order valence-electron chi connectivity index (χ3n) is 6.70. The molecule has 2 amide bonds. The lowest BCUT2D eigenvalue weighted by Gasteiger charge is -2.35. The van der Waals surface area contributed by atoms with E-state index < -0.39 is 5.79 Å². The molecule has 0 aromatic carbocycles. The molecule has 3 aromatic heterocycles. The third kappa shape index (κ3) is 4.79. The number of nitrogens with zero attached hydrogens (tertiary/aromatic N) is 6. The number of fused-ring (bicyclic) bond motifs is 4. The first-order chi connectivity index (χ1) is 17.8. The molecule has 37 heavy (non-hydrogen) atoms. The summed E-state index contributed by atoms with van der Waals surface area (Å²) in [5.41, 5.74) is 3.61. The van der Waals surface area contributed by atoms with Crippen molar-refractivity contribution in [1.82, 2.24) is 19.9 Å². The molecule has 0 spiro atoms. The summed E-state index contributed by atoms with van der Waals surface area (Å²) < 4.78 is 17.1. The molecule has 1 unspecified atom stereocenters. The summed E-state index contributed by atoms with van der Waals surface area (Å²) in [6.45, 7) is 8.03. The Hall–Kier alpha value is -3.83. The highest BCUT2D eigenvalue weighted by molar-refractivity contribution is 6.04. The lowest BCUT2D eigenvalue weighted by molar-refractivity contribution is -0.141. The molecular weight excluding hydrogens is 474 g/mol. The number of carbonyl (C=O) groups is 1. The van der Waals surface area contributed by atoms with Crippen molar-refractivity contribution in [2.24, 2.45) is 0 Å². The number of aromatic nitrogens is 4. The van der Waals surface area contributed by atoms with E-state index in [0.29, 0.717) is 24.1 Å². The predicted octanol–water partition coefficient (Wildman–Crippen LogP) is 3.40. The van der Waals surface area contributed by atoms with Crippen LogP contribution in [0.25, 0.3) is 11.3 Å². The molecule has 1 N–H and O–H groups in total. The van der Waals surface area contributed by atoms with Crippen molar-refractivity contribution in [3.8, 4) is 17.1 Å². The Morgan fingerprint density at radius 1 is 1.24 bits per heavy atom. The molecule has 0 aliphatic carbocycles. The molecule has 2 saturated heterocycles. The molecule has 192 valence electrons. The number of nitrogens with one attached hydrogen (secondary N) is 1. The summed E-state index contributed by atoms with van der Waals surface area (Å²) >= 11 is 0. The molecule has 3 aliphatic rings. The fraction of sp³-hybridized carbons (Fsp3) is 0.423. The van der Waals surface area contributed by atoms with Crippen LogP contribution in [0.1, 0.15) is 26.0 Å². The molecule has 2 fully saturated rings. The summed E-state index contributed by atoms with van der Waals surface area (Å²) in [7, 11) is 0. The fourth-order valence-corrected chi connectivity index (χ4v) is 5.01. The normalized spacial score (nSPS) is 21.6. The summed E-state index contributed by atoms with van der Waals surface area (Å²) in [6.07, 6.45) is 5.44. The zero-order chi connectivity index (χ0) is 25.6. The molecule has 11 heteroatoms. The molecule has 6 rings (SSSR count). The first-order valence-corrected chi connectivity index (χ1v) is 12.4. The number of rotatable bonds is 5. The molecular formula is C26H29N7O4. The van der Waals surface area contributed by atoms with Gasteiger partial charge in [0.05, 0.1) is 36.4 Å².